The third kappa shape index (κ3) is 2.05. The molecule has 0 saturated heterocycles. The van der Waals surface area contributed by atoms with Gasteiger partial charge < -0.3 is 5.11 Å². The van der Waals surface area contributed by atoms with Gasteiger partial charge in [0.1, 0.15) is 5.69 Å². The Morgan fingerprint density at radius 1 is 1.05 bits per heavy atom. The fourth-order valence-electron chi connectivity index (χ4n) is 2.58. The normalized spacial score (nSPS) is 17.5. The molecule has 3 aromatic rings. The molecule has 0 radical (unpaired) electrons. The van der Waals surface area contributed by atoms with E-state index in [1.54, 1.807) is 6.21 Å². The summed E-state index contributed by atoms with van der Waals surface area (Å²) in [5.41, 5.74) is 2.77. The second kappa shape index (κ2) is 5.25. The number of fused-ring (bicyclic) bond motifs is 1. The average Bonchev–Trinajstić information content (AvgIpc) is 3.20. The largest absolute Gasteiger partial charge is 0.372 e. The van der Waals surface area contributed by atoms with Gasteiger partial charge in [-0.25, -0.2) is 9.52 Å². The topological polar surface area (TPSA) is 62.9 Å². The zero-order valence-corrected chi connectivity index (χ0v) is 11.7. The molecule has 2 heterocycles. The molecule has 0 amide bonds. The SMILES string of the molecule is OCN1N=CC(c2nn(-c3ccccc3)c3ccccc23)O1. The van der Waals surface area contributed by atoms with Crippen LogP contribution in [0, 0.1) is 0 Å². The van der Waals surface area contributed by atoms with E-state index in [0.29, 0.717) is 0 Å². The second-order valence-corrected chi connectivity index (χ2v) is 4.93. The van der Waals surface area contributed by atoms with Crippen LogP contribution >= 0.6 is 0 Å². The van der Waals surface area contributed by atoms with Gasteiger partial charge in [0.05, 0.1) is 17.4 Å². The lowest BCUT2D eigenvalue weighted by Gasteiger charge is -2.11. The smallest absolute Gasteiger partial charge is 0.169 e. The van der Waals surface area contributed by atoms with Gasteiger partial charge in [0.15, 0.2) is 12.8 Å². The quantitative estimate of drug-likeness (QED) is 0.804. The molecule has 1 N–H and O–H groups in total. The van der Waals surface area contributed by atoms with Gasteiger partial charge in [0.2, 0.25) is 0 Å². The van der Waals surface area contributed by atoms with Crippen molar-refractivity contribution in [1.29, 1.82) is 0 Å². The first-order valence-corrected chi connectivity index (χ1v) is 6.99. The van der Waals surface area contributed by atoms with Crippen molar-refractivity contribution in [3.63, 3.8) is 0 Å². The molecule has 0 bridgehead atoms. The van der Waals surface area contributed by atoms with E-state index in [9.17, 15) is 0 Å². The molecule has 0 fully saturated rings. The molecule has 6 heteroatoms. The van der Waals surface area contributed by atoms with Crippen LogP contribution in [-0.2, 0) is 4.84 Å². The van der Waals surface area contributed by atoms with E-state index in [2.05, 4.69) is 5.10 Å². The predicted molar refractivity (Wildman–Crippen MR) is 82.3 cm³/mol. The van der Waals surface area contributed by atoms with Gasteiger partial charge in [-0.1, -0.05) is 36.4 Å². The van der Waals surface area contributed by atoms with Crippen LogP contribution in [0.5, 0.6) is 0 Å². The standard InChI is InChI=1S/C16H14N4O2/c21-11-19-17-10-15(22-19)16-13-8-4-5-9-14(13)20(18-16)12-6-2-1-3-7-12/h1-10,15,21H,11H2. The summed E-state index contributed by atoms with van der Waals surface area (Å²) in [4.78, 5) is 5.54. The Morgan fingerprint density at radius 2 is 1.82 bits per heavy atom. The van der Waals surface area contributed by atoms with E-state index in [4.69, 9.17) is 15.0 Å². The summed E-state index contributed by atoms with van der Waals surface area (Å²) in [6, 6.07) is 17.9. The minimum absolute atomic E-state index is 0.287. The number of aliphatic hydroxyl groups is 1. The number of hydroxylamine groups is 1. The Hall–Kier alpha value is -2.70. The van der Waals surface area contributed by atoms with Crippen molar-refractivity contribution in [2.45, 2.75) is 6.10 Å². The highest BCUT2D eigenvalue weighted by atomic mass is 16.7. The molecule has 2 aromatic carbocycles. The minimum atomic E-state index is -0.401. The van der Waals surface area contributed by atoms with Crippen molar-refractivity contribution in [3.05, 3.63) is 60.3 Å². The van der Waals surface area contributed by atoms with Crippen LogP contribution in [0.15, 0.2) is 59.7 Å². The summed E-state index contributed by atoms with van der Waals surface area (Å²) in [6.45, 7) is -0.287. The molecule has 0 saturated carbocycles. The van der Waals surface area contributed by atoms with E-state index < -0.39 is 6.10 Å². The van der Waals surface area contributed by atoms with Gasteiger partial charge in [-0.3, -0.25) is 0 Å². The van der Waals surface area contributed by atoms with Gasteiger partial charge in [0.25, 0.3) is 0 Å². The lowest BCUT2D eigenvalue weighted by Crippen LogP contribution is -2.16. The maximum Gasteiger partial charge on any atom is 0.169 e. The lowest BCUT2D eigenvalue weighted by molar-refractivity contribution is -0.196. The number of nitrogens with zero attached hydrogens (tertiary/aromatic N) is 4. The van der Waals surface area contributed by atoms with Crippen LogP contribution < -0.4 is 0 Å². The first-order chi connectivity index (χ1) is 10.9. The summed E-state index contributed by atoms with van der Waals surface area (Å²) < 4.78 is 1.89. The predicted octanol–water partition coefficient (Wildman–Crippen LogP) is 2.25. The van der Waals surface area contributed by atoms with E-state index in [0.717, 1.165) is 27.5 Å². The Morgan fingerprint density at radius 3 is 2.59 bits per heavy atom. The molecule has 1 atom stereocenters. The van der Waals surface area contributed by atoms with E-state index in [-0.39, 0.29) is 6.73 Å². The van der Waals surface area contributed by atoms with Crippen molar-refractivity contribution < 1.29 is 9.94 Å². The summed E-state index contributed by atoms with van der Waals surface area (Å²) >= 11 is 0. The summed E-state index contributed by atoms with van der Waals surface area (Å²) in [7, 11) is 0. The fraction of sp³-hybridized carbons (Fsp3) is 0.125. The molecule has 1 aliphatic heterocycles. The van der Waals surface area contributed by atoms with Crippen molar-refractivity contribution in [2.24, 2.45) is 5.10 Å². The van der Waals surface area contributed by atoms with E-state index >= 15 is 0 Å². The number of hydrogen-bond donors (Lipinski definition) is 1. The number of rotatable bonds is 3. The number of benzene rings is 2. The van der Waals surface area contributed by atoms with Crippen LogP contribution in [0.1, 0.15) is 11.8 Å². The first kappa shape index (κ1) is 13.0. The van der Waals surface area contributed by atoms with E-state index in [1.807, 2.05) is 59.3 Å². The molecule has 1 unspecified atom stereocenters. The summed E-state index contributed by atoms with van der Waals surface area (Å²) in [5, 5.41) is 19.9. The molecule has 0 aliphatic carbocycles. The highest BCUT2D eigenvalue weighted by Gasteiger charge is 2.25. The highest BCUT2D eigenvalue weighted by molar-refractivity contribution is 5.86. The molecule has 0 spiro atoms. The Kier molecular flexibility index (Phi) is 3.10. The number of aromatic nitrogens is 2. The van der Waals surface area contributed by atoms with Gasteiger partial charge in [-0.15, -0.1) is 5.17 Å². The van der Waals surface area contributed by atoms with Gasteiger partial charge >= 0.3 is 0 Å². The van der Waals surface area contributed by atoms with E-state index in [1.165, 1.54) is 0 Å². The van der Waals surface area contributed by atoms with Crippen LogP contribution in [0.3, 0.4) is 0 Å². The highest BCUT2D eigenvalue weighted by Crippen LogP contribution is 2.29. The van der Waals surface area contributed by atoms with Gasteiger partial charge in [-0.2, -0.15) is 10.2 Å². The average molecular weight is 294 g/mol. The molecular weight excluding hydrogens is 280 g/mol. The lowest BCUT2D eigenvalue weighted by atomic mass is 10.1. The Bertz CT molecular complexity index is 829. The third-order valence-electron chi connectivity index (χ3n) is 3.57. The maximum absolute atomic E-state index is 9.09. The molecule has 1 aromatic heterocycles. The van der Waals surface area contributed by atoms with Crippen molar-refractivity contribution in [1.82, 2.24) is 15.0 Å². The molecule has 4 rings (SSSR count). The van der Waals surface area contributed by atoms with Crippen molar-refractivity contribution in [3.8, 4) is 5.69 Å². The molecule has 110 valence electrons. The third-order valence-corrected chi connectivity index (χ3v) is 3.57. The van der Waals surface area contributed by atoms with Gasteiger partial charge in [0, 0.05) is 5.39 Å². The molecular formula is C16H14N4O2. The molecule has 22 heavy (non-hydrogen) atoms. The number of hydrazone groups is 1. The number of para-hydroxylation sites is 2. The number of hydrogen-bond acceptors (Lipinski definition) is 5. The maximum atomic E-state index is 9.09. The molecule has 1 aliphatic rings. The fourth-order valence-corrected chi connectivity index (χ4v) is 2.58. The zero-order chi connectivity index (χ0) is 14.9. The summed E-state index contributed by atoms with van der Waals surface area (Å²) in [5.74, 6) is 0. The van der Waals surface area contributed by atoms with Crippen LogP contribution in [0.4, 0.5) is 0 Å². The Balaban J connectivity index is 1.85. The molecule has 6 nitrogen and oxygen atoms in total. The Labute approximate surface area is 126 Å². The number of aliphatic hydroxyl groups excluding tert-OH is 1. The first-order valence-electron chi connectivity index (χ1n) is 6.99. The monoisotopic (exact) mass is 294 g/mol. The summed E-state index contributed by atoms with van der Waals surface area (Å²) in [6.07, 6.45) is 1.24. The minimum Gasteiger partial charge on any atom is -0.372 e. The zero-order valence-electron chi connectivity index (χ0n) is 11.7. The van der Waals surface area contributed by atoms with Crippen LogP contribution in [-0.4, -0.2) is 33.0 Å². The van der Waals surface area contributed by atoms with Gasteiger partial charge in [-0.05, 0) is 18.2 Å². The van der Waals surface area contributed by atoms with Crippen LogP contribution in [0.2, 0.25) is 0 Å². The van der Waals surface area contributed by atoms with Crippen molar-refractivity contribution >= 4 is 17.1 Å². The van der Waals surface area contributed by atoms with Crippen LogP contribution in [0.25, 0.3) is 16.6 Å². The second-order valence-electron chi connectivity index (χ2n) is 4.93. The van der Waals surface area contributed by atoms with Crippen molar-refractivity contribution in [2.75, 3.05) is 6.73 Å².